The summed E-state index contributed by atoms with van der Waals surface area (Å²) in [4.78, 5) is 12.6. The smallest absolute Gasteiger partial charge is 0.316 e. The van der Waals surface area contributed by atoms with Crippen LogP contribution in [0.15, 0.2) is 30.3 Å². The molecule has 1 saturated heterocycles. The Bertz CT molecular complexity index is 325. The zero-order chi connectivity index (χ0) is 9.97. The first kappa shape index (κ1) is 9.53. The van der Waals surface area contributed by atoms with Gasteiger partial charge in [0.25, 0.3) is 0 Å². The van der Waals surface area contributed by atoms with Gasteiger partial charge in [-0.15, -0.1) is 0 Å². The van der Waals surface area contributed by atoms with Crippen LogP contribution in [0.2, 0.25) is 0 Å². The van der Waals surface area contributed by atoms with Gasteiger partial charge in [0.1, 0.15) is 0 Å². The largest absolute Gasteiger partial charge is 0.329 e. The van der Waals surface area contributed by atoms with Crippen LogP contribution in [-0.4, -0.2) is 23.4 Å². The van der Waals surface area contributed by atoms with E-state index in [2.05, 4.69) is 12.1 Å². The Morgan fingerprint density at radius 3 is 2.64 bits per heavy atom. The highest BCUT2D eigenvalue weighted by Crippen LogP contribution is 2.27. The van der Waals surface area contributed by atoms with Gasteiger partial charge in [-0.3, -0.25) is 4.79 Å². The van der Waals surface area contributed by atoms with Crippen molar-refractivity contribution in [2.24, 2.45) is 0 Å². The van der Waals surface area contributed by atoms with Gasteiger partial charge in [-0.25, -0.2) is 0 Å². The lowest BCUT2D eigenvalue weighted by Crippen LogP contribution is -2.22. The van der Waals surface area contributed by atoms with E-state index in [0.29, 0.717) is 5.92 Å². The van der Waals surface area contributed by atoms with Gasteiger partial charge in [-0.05, 0) is 23.6 Å². The Balaban J connectivity index is 2.06. The molecule has 0 radical (unpaired) electrons. The molecule has 0 unspecified atom stereocenters. The van der Waals surface area contributed by atoms with Crippen molar-refractivity contribution in [2.45, 2.75) is 12.3 Å². The summed E-state index contributed by atoms with van der Waals surface area (Å²) < 4.78 is 0. The summed E-state index contributed by atoms with van der Waals surface area (Å²) in [5, 5.41) is -0.330. The van der Waals surface area contributed by atoms with Crippen LogP contribution in [0.3, 0.4) is 0 Å². The molecule has 0 saturated carbocycles. The molecular formula is C11H12ClNO. The molecule has 1 aromatic carbocycles. The van der Waals surface area contributed by atoms with E-state index in [9.17, 15) is 4.79 Å². The van der Waals surface area contributed by atoms with Crippen LogP contribution >= 0.6 is 11.6 Å². The van der Waals surface area contributed by atoms with Crippen LogP contribution in [0.25, 0.3) is 0 Å². The minimum absolute atomic E-state index is 0.330. The molecule has 2 nitrogen and oxygen atoms in total. The Morgan fingerprint density at radius 1 is 1.36 bits per heavy atom. The summed E-state index contributed by atoms with van der Waals surface area (Å²) in [6.07, 6.45) is 1.02. The molecule has 74 valence electrons. The van der Waals surface area contributed by atoms with E-state index in [0.717, 1.165) is 19.5 Å². The Hall–Kier alpha value is -1.02. The van der Waals surface area contributed by atoms with Crippen molar-refractivity contribution in [3.8, 4) is 0 Å². The maximum Gasteiger partial charge on any atom is 0.316 e. The molecular weight excluding hydrogens is 198 g/mol. The minimum Gasteiger partial charge on any atom is -0.329 e. The Morgan fingerprint density at radius 2 is 2.07 bits per heavy atom. The number of carbonyl (C=O) groups excluding carboxylic acids is 1. The van der Waals surface area contributed by atoms with Gasteiger partial charge in [0.15, 0.2) is 0 Å². The predicted molar refractivity (Wildman–Crippen MR) is 56.6 cm³/mol. The highest BCUT2D eigenvalue weighted by atomic mass is 35.5. The number of halogens is 1. The molecule has 0 N–H and O–H groups in total. The summed E-state index contributed by atoms with van der Waals surface area (Å²) in [6, 6.07) is 10.3. The molecule has 0 bridgehead atoms. The van der Waals surface area contributed by atoms with Crippen molar-refractivity contribution in [1.29, 1.82) is 0 Å². The predicted octanol–water partition coefficient (Wildman–Crippen LogP) is 2.83. The van der Waals surface area contributed by atoms with Gasteiger partial charge in [-0.1, -0.05) is 30.3 Å². The van der Waals surface area contributed by atoms with Crippen molar-refractivity contribution in [1.82, 2.24) is 4.90 Å². The summed E-state index contributed by atoms with van der Waals surface area (Å²) in [7, 11) is 0. The fourth-order valence-corrected chi connectivity index (χ4v) is 2.07. The second-order valence-electron chi connectivity index (χ2n) is 3.60. The van der Waals surface area contributed by atoms with Crippen molar-refractivity contribution < 1.29 is 4.79 Å². The first-order valence-corrected chi connectivity index (χ1v) is 5.14. The number of benzene rings is 1. The number of likely N-dealkylation sites (tertiary alicyclic amines) is 1. The third-order valence-corrected chi connectivity index (χ3v) is 2.95. The first-order valence-electron chi connectivity index (χ1n) is 4.77. The molecule has 0 aromatic heterocycles. The van der Waals surface area contributed by atoms with E-state index in [-0.39, 0.29) is 5.37 Å². The second-order valence-corrected chi connectivity index (χ2v) is 3.92. The molecule has 3 heteroatoms. The zero-order valence-corrected chi connectivity index (χ0v) is 8.57. The SMILES string of the molecule is O=C(Cl)N1CC[C@@H](c2ccccc2)C1. The van der Waals surface area contributed by atoms with Crippen molar-refractivity contribution >= 4 is 17.0 Å². The van der Waals surface area contributed by atoms with E-state index >= 15 is 0 Å². The number of hydrogen-bond acceptors (Lipinski definition) is 1. The van der Waals surface area contributed by atoms with Gasteiger partial charge >= 0.3 is 5.37 Å². The van der Waals surface area contributed by atoms with Gasteiger partial charge < -0.3 is 4.90 Å². The maximum atomic E-state index is 10.9. The van der Waals surface area contributed by atoms with Crippen LogP contribution < -0.4 is 0 Å². The Labute approximate surface area is 88.5 Å². The molecule has 1 atom stereocenters. The quantitative estimate of drug-likeness (QED) is 0.515. The molecule has 1 aliphatic rings. The fourth-order valence-electron chi connectivity index (χ4n) is 1.92. The van der Waals surface area contributed by atoms with E-state index in [1.807, 2.05) is 18.2 Å². The summed E-state index contributed by atoms with van der Waals surface area (Å²) in [5.74, 6) is 0.457. The monoisotopic (exact) mass is 209 g/mol. The molecule has 1 amide bonds. The van der Waals surface area contributed by atoms with E-state index in [1.54, 1.807) is 4.90 Å². The van der Waals surface area contributed by atoms with Crippen LogP contribution in [0, 0.1) is 0 Å². The Kier molecular flexibility index (Phi) is 2.73. The fraction of sp³-hybridized carbons (Fsp3) is 0.364. The average Bonchev–Trinajstić information content (AvgIpc) is 2.68. The molecule has 0 aliphatic carbocycles. The van der Waals surface area contributed by atoms with Crippen LogP contribution in [0.5, 0.6) is 0 Å². The summed E-state index contributed by atoms with van der Waals surface area (Å²) in [5.41, 5.74) is 1.30. The van der Waals surface area contributed by atoms with E-state index < -0.39 is 0 Å². The number of amides is 1. The third-order valence-electron chi connectivity index (χ3n) is 2.71. The topological polar surface area (TPSA) is 20.3 Å². The average molecular weight is 210 g/mol. The standard InChI is InChI=1S/C11H12ClNO/c12-11(14)13-7-6-10(8-13)9-4-2-1-3-5-9/h1-5,10H,6-8H2/t10-/m1/s1. The number of rotatable bonds is 1. The molecule has 2 rings (SSSR count). The highest BCUT2D eigenvalue weighted by Gasteiger charge is 2.25. The highest BCUT2D eigenvalue weighted by molar-refractivity contribution is 6.62. The first-order chi connectivity index (χ1) is 6.77. The maximum absolute atomic E-state index is 10.9. The number of hydrogen-bond donors (Lipinski definition) is 0. The lowest BCUT2D eigenvalue weighted by molar-refractivity contribution is 0.232. The van der Waals surface area contributed by atoms with Gasteiger partial charge in [0.05, 0.1) is 0 Å². The van der Waals surface area contributed by atoms with Crippen molar-refractivity contribution in [2.75, 3.05) is 13.1 Å². The molecule has 1 aliphatic heterocycles. The number of nitrogens with zero attached hydrogens (tertiary/aromatic N) is 1. The second kappa shape index (κ2) is 4.01. The summed E-state index contributed by atoms with van der Waals surface area (Å²) in [6.45, 7) is 1.54. The zero-order valence-electron chi connectivity index (χ0n) is 7.82. The third kappa shape index (κ3) is 1.90. The van der Waals surface area contributed by atoms with Crippen LogP contribution in [0.1, 0.15) is 17.9 Å². The molecule has 1 fully saturated rings. The van der Waals surface area contributed by atoms with Gasteiger partial charge in [-0.2, -0.15) is 0 Å². The normalized spacial score (nSPS) is 21.2. The van der Waals surface area contributed by atoms with E-state index in [1.165, 1.54) is 5.56 Å². The van der Waals surface area contributed by atoms with Crippen LogP contribution in [0.4, 0.5) is 4.79 Å². The minimum atomic E-state index is -0.330. The van der Waals surface area contributed by atoms with Gasteiger partial charge in [0.2, 0.25) is 0 Å². The van der Waals surface area contributed by atoms with E-state index in [4.69, 9.17) is 11.6 Å². The van der Waals surface area contributed by atoms with Crippen molar-refractivity contribution in [3.05, 3.63) is 35.9 Å². The van der Waals surface area contributed by atoms with Crippen LogP contribution in [-0.2, 0) is 0 Å². The van der Waals surface area contributed by atoms with Crippen molar-refractivity contribution in [3.63, 3.8) is 0 Å². The number of carbonyl (C=O) groups is 1. The molecule has 1 heterocycles. The molecule has 1 aromatic rings. The summed E-state index contributed by atoms with van der Waals surface area (Å²) >= 11 is 5.42. The lowest BCUT2D eigenvalue weighted by atomic mass is 9.99. The lowest BCUT2D eigenvalue weighted by Gasteiger charge is -2.12. The molecule has 14 heavy (non-hydrogen) atoms. The van der Waals surface area contributed by atoms with Gasteiger partial charge in [0, 0.05) is 19.0 Å². The molecule has 0 spiro atoms.